The molecule has 0 bridgehead atoms. The van der Waals surface area contributed by atoms with Crippen molar-refractivity contribution < 1.29 is 0 Å². The van der Waals surface area contributed by atoms with Gasteiger partial charge < -0.3 is 4.90 Å². The van der Waals surface area contributed by atoms with Gasteiger partial charge in [-0.2, -0.15) is 5.10 Å². The van der Waals surface area contributed by atoms with E-state index in [0.717, 1.165) is 54.7 Å². The van der Waals surface area contributed by atoms with Crippen LogP contribution in [0.2, 0.25) is 5.02 Å². The summed E-state index contributed by atoms with van der Waals surface area (Å²) in [5.74, 6) is 0. The Balaban J connectivity index is 1.15. The van der Waals surface area contributed by atoms with Crippen LogP contribution in [-0.2, 0) is 6.42 Å². The first-order chi connectivity index (χ1) is 14.3. The molecule has 1 aromatic carbocycles. The fourth-order valence-corrected chi connectivity index (χ4v) is 4.16. The molecule has 0 aliphatic carbocycles. The average molecular weight is 410 g/mol. The van der Waals surface area contributed by atoms with Crippen LogP contribution in [0.3, 0.4) is 0 Å². The van der Waals surface area contributed by atoms with E-state index in [4.69, 9.17) is 16.6 Å². The molecule has 3 heterocycles. The Morgan fingerprint density at radius 2 is 1.76 bits per heavy atom. The lowest BCUT2D eigenvalue weighted by atomic mass is 10.1. The van der Waals surface area contributed by atoms with Crippen molar-refractivity contribution in [1.29, 1.82) is 0 Å². The third-order valence-electron chi connectivity index (χ3n) is 5.56. The number of nitrogens with one attached hydrogen (secondary N) is 1. The first-order valence-electron chi connectivity index (χ1n) is 10.5. The molecule has 1 aliphatic heterocycles. The molecule has 0 amide bonds. The molecule has 1 N–H and O–H groups in total. The molecule has 1 fully saturated rings. The number of para-hydroxylation sites is 1. The fraction of sp³-hybridized carbons (Fsp3) is 0.391. The molecule has 3 aromatic rings. The van der Waals surface area contributed by atoms with E-state index in [1.54, 1.807) is 6.20 Å². The Hall–Kier alpha value is -2.37. The number of piperazine rings is 1. The van der Waals surface area contributed by atoms with Gasteiger partial charge in [0.1, 0.15) is 0 Å². The summed E-state index contributed by atoms with van der Waals surface area (Å²) in [6.45, 7) is 5.50. The molecule has 1 saturated heterocycles. The van der Waals surface area contributed by atoms with E-state index in [1.165, 1.54) is 31.5 Å². The van der Waals surface area contributed by atoms with Gasteiger partial charge in [-0.1, -0.05) is 36.2 Å². The molecular weight excluding hydrogens is 382 g/mol. The number of aryl methyl sites for hydroxylation is 1. The highest BCUT2D eigenvalue weighted by Crippen LogP contribution is 2.26. The molecule has 1 aliphatic rings. The zero-order valence-corrected chi connectivity index (χ0v) is 17.5. The minimum Gasteiger partial charge on any atom is -0.368 e. The molecule has 5 nitrogen and oxygen atoms in total. The Bertz CT molecular complexity index is 888. The minimum atomic E-state index is 0.853. The zero-order valence-electron chi connectivity index (χ0n) is 16.7. The molecule has 6 heteroatoms. The molecule has 152 valence electrons. The number of nitrogens with zero attached hydrogens (tertiary/aromatic N) is 4. The van der Waals surface area contributed by atoms with Crippen LogP contribution < -0.4 is 4.90 Å². The normalized spacial score (nSPS) is 15.0. The maximum absolute atomic E-state index is 6.34. The zero-order chi connectivity index (χ0) is 19.9. The Labute approximate surface area is 177 Å². The summed E-state index contributed by atoms with van der Waals surface area (Å²) in [7, 11) is 0. The van der Waals surface area contributed by atoms with Gasteiger partial charge in [0.2, 0.25) is 0 Å². The number of hydrogen-bond acceptors (Lipinski definition) is 4. The van der Waals surface area contributed by atoms with Crippen molar-refractivity contribution in [2.75, 3.05) is 37.6 Å². The number of rotatable bonds is 8. The van der Waals surface area contributed by atoms with E-state index < -0.39 is 0 Å². The van der Waals surface area contributed by atoms with Crippen LogP contribution in [-0.4, -0.2) is 52.8 Å². The lowest BCUT2D eigenvalue weighted by Crippen LogP contribution is -2.46. The molecule has 29 heavy (non-hydrogen) atoms. The summed E-state index contributed by atoms with van der Waals surface area (Å²) in [4.78, 5) is 9.72. The van der Waals surface area contributed by atoms with Gasteiger partial charge in [-0.05, 0) is 56.1 Å². The van der Waals surface area contributed by atoms with Crippen LogP contribution >= 0.6 is 11.6 Å². The summed E-state index contributed by atoms with van der Waals surface area (Å²) in [6, 6.07) is 16.3. The second-order valence-electron chi connectivity index (χ2n) is 7.58. The van der Waals surface area contributed by atoms with Crippen LogP contribution in [0.25, 0.3) is 11.4 Å². The smallest absolute Gasteiger partial charge is 0.0883 e. The van der Waals surface area contributed by atoms with E-state index in [1.807, 2.05) is 24.3 Å². The van der Waals surface area contributed by atoms with Gasteiger partial charge in [0.05, 0.1) is 22.1 Å². The summed E-state index contributed by atoms with van der Waals surface area (Å²) in [6.07, 6.45) is 6.45. The van der Waals surface area contributed by atoms with Crippen molar-refractivity contribution in [3.8, 4) is 11.4 Å². The van der Waals surface area contributed by atoms with Crippen molar-refractivity contribution in [2.45, 2.75) is 25.7 Å². The van der Waals surface area contributed by atoms with Gasteiger partial charge in [0.25, 0.3) is 0 Å². The first kappa shape index (κ1) is 19.9. The van der Waals surface area contributed by atoms with E-state index in [2.05, 4.69) is 44.3 Å². The van der Waals surface area contributed by atoms with Crippen molar-refractivity contribution >= 4 is 17.3 Å². The summed E-state index contributed by atoms with van der Waals surface area (Å²) in [5, 5.41) is 7.84. The number of H-pyrrole nitrogens is 1. The topological polar surface area (TPSA) is 48.0 Å². The van der Waals surface area contributed by atoms with Crippen molar-refractivity contribution in [3.63, 3.8) is 0 Å². The SMILES string of the molecule is Clc1ccccc1N1CCN(CCCCCc2cccc(-c3ccn[nH]3)n2)CC1. The van der Waals surface area contributed by atoms with E-state index in [9.17, 15) is 0 Å². The van der Waals surface area contributed by atoms with Gasteiger partial charge in [-0.25, -0.2) is 0 Å². The van der Waals surface area contributed by atoms with Gasteiger partial charge in [0.15, 0.2) is 0 Å². The molecule has 0 spiro atoms. The van der Waals surface area contributed by atoms with Crippen LogP contribution in [0.15, 0.2) is 54.7 Å². The van der Waals surface area contributed by atoms with Crippen LogP contribution in [0, 0.1) is 0 Å². The number of aromatic nitrogens is 3. The average Bonchev–Trinajstić information content (AvgIpc) is 3.30. The van der Waals surface area contributed by atoms with Crippen molar-refractivity contribution in [2.24, 2.45) is 0 Å². The second-order valence-corrected chi connectivity index (χ2v) is 7.98. The summed E-state index contributed by atoms with van der Waals surface area (Å²) < 4.78 is 0. The highest BCUT2D eigenvalue weighted by Gasteiger charge is 2.18. The fourth-order valence-electron chi connectivity index (χ4n) is 3.91. The number of unbranched alkanes of at least 4 members (excludes halogenated alkanes) is 2. The number of anilines is 1. The van der Waals surface area contributed by atoms with Crippen molar-refractivity contribution in [3.05, 3.63) is 65.4 Å². The number of aromatic amines is 1. The molecule has 4 rings (SSSR count). The van der Waals surface area contributed by atoms with Gasteiger partial charge in [-0.3, -0.25) is 15.0 Å². The predicted octanol–water partition coefficient (Wildman–Crippen LogP) is 4.66. The number of benzene rings is 1. The van der Waals surface area contributed by atoms with E-state index in [-0.39, 0.29) is 0 Å². The van der Waals surface area contributed by atoms with Crippen molar-refractivity contribution in [1.82, 2.24) is 20.1 Å². The molecule has 2 aromatic heterocycles. The molecular formula is C23H28ClN5. The monoisotopic (exact) mass is 409 g/mol. The van der Waals surface area contributed by atoms with Gasteiger partial charge in [-0.15, -0.1) is 0 Å². The molecule has 0 saturated carbocycles. The lowest BCUT2D eigenvalue weighted by molar-refractivity contribution is 0.252. The Kier molecular flexibility index (Phi) is 6.80. The predicted molar refractivity (Wildman–Crippen MR) is 119 cm³/mol. The quantitative estimate of drug-likeness (QED) is 0.549. The van der Waals surface area contributed by atoms with Gasteiger partial charge in [0, 0.05) is 38.1 Å². The number of pyridine rings is 1. The van der Waals surface area contributed by atoms with Crippen LogP contribution in [0.1, 0.15) is 25.0 Å². The molecule has 0 atom stereocenters. The first-order valence-corrected chi connectivity index (χ1v) is 10.8. The Morgan fingerprint density at radius 3 is 2.55 bits per heavy atom. The maximum Gasteiger partial charge on any atom is 0.0883 e. The van der Waals surface area contributed by atoms with E-state index >= 15 is 0 Å². The third-order valence-corrected chi connectivity index (χ3v) is 5.88. The van der Waals surface area contributed by atoms with Gasteiger partial charge >= 0.3 is 0 Å². The third kappa shape index (κ3) is 5.37. The second kappa shape index (κ2) is 9.90. The summed E-state index contributed by atoms with van der Waals surface area (Å²) in [5.41, 5.74) is 4.27. The highest BCUT2D eigenvalue weighted by atomic mass is 35.5. The number of halogens is 1. The standard InChI is InChI=1S/C23H28ClN5/c24-20-9-3-4-11-23(20)29-17-15-28(16-18-29)14-5-1-2-7-19-8-6-10-21(26-19)22-12-13-25-27-22/h3-4,6,8-13H,1-2,5,7,14-18H2,(H,25,27). The maximum atomic E-state index is 6.34. The minimum absolute atomic E-state index is 0.853. The van der Waals surface area contributed by atoms with Crippen LogP contribution in [0.4, 0.5) is 5.69 Å². The summed E-state index contributed by atoms with van der Waals surface area (Å²) >= 11 is 6.34. The highest BCUT2D eigenvalue weighted by molar-refractivity contribution is 6.33. The number of hydrogen-bond donors (Lipinski definition) is 1. The molecule has 0 radical (unpaired) electrons. The largest absolute Gasteiger partial charge is 0.368 e. The van der Waals surface area contributed by atoms with E-state index in [0.29, 0.717) is 0 Å². The Morgan fingerprint density at radius 1 is 0.897 bits per heavy atom. The van der Waals surface area contributed by atoms with Crippen LogP contribution in [0.5, 0.6) is 0 Å². The molecule has 0 unspecified atom stereocenters. The lowest BCUT2D eigenvalue weighted by Gasteiger charge is -2.36.